The lowest BCUT2D eigenvalue weighted by atomic mass is 9.66. The molecular formula is C42H52N2O12. The number of rotatable bonds is 15. The minimum absolute atomic E-state index is 0.123. The summed E-state index contributed by atoms with van der Waals surface area (Å²) in [5.41, 5.74) is 3.16. The number of hydrogen-bond acceptors (Lipinski definition) is 12. The van der Waals surface area contributed by atoms with Gasteiger partial charge < -0.3 is 53.7 Å². The molecule has 0 radical (unpaired) electrons. The summed E-state index contributed by atoms with van der Waals surface area (Å²) >= 11 is 0. The van der Waals surface area contributed by atoms with Crippen molar-refractivity contribution < 1.29 is 57.4 Å². The molecule has 0 saturated carbocycles. The lowest BCUT2D eigenvalue weighted by Crippen LogP contribution is -2.50. The van der Waals surface area contributed by atoms with E-state index in [1.165, 1.54) is 7.11 Å². The third kappa shape index (κ3) is 9.65. The summed E-state index contributed by atoms with van der Waals surface area (Å²) in [4.78, 5) is 48.4. The van der Waals surface area contributed by atoms with E-state index in [1.54, 1.807) is 20.3 Å². The monoisotopic (exact) mass is 776 g/mol. The van der Waals surface area contributed by atoms with Crippen molar-refractivity contribution >= 4 is 24.3 Å². The molecular weight excluding hydrogens is 724 g/mol. The van der Waals surface area contributed by atoms with Gasteiger partial charge in [-0.3, -0.25) is 9.59 Å². The molecule has 56 heavy (non-hydrogen) atoms. The number of ether oxygens (including phenoxy) is 7. The lowest BCUT2D eigenvalue weighted by molar-refractivity contribution is -0.141. The minimum Gasteiger partial charge on any atom is -0.493 e. The molecule has 0 bridgehead atoms. The average molecular weight is 777 g/mol. The second-order valence-corrected chi connectivity index (χ2v) is 14.3. The highest BCUT2D eigenvalue weighted by Gasteiger charge is 2.52. The smallest absolute Gasteiger partial charge is 0.408 e. The molecule has 0 spiro atoms. The zero-order valence-electron chi connectivity index (χ0n) is 32.7. The summed E-state index contributed by atoms with van der Waals surface area (Å²) in [6.07, 6.45) is 2.11. The van der Waals surface area contributed by atoms with Crippen LogP contribution < -0.4 is 34.3 Å². The van der Waals surface area contributed by atoms with E-state index < -0.39 is 30.2 Å². The molecule has 6 atom stereocenters. The van der Waals surface area contributed by atoms with Gasteiger partial charge in [0.2, 0.25) is 18.4 Å². The number of fused-ring (bicyclic) bond motifs is 3. The number of carbonyl (C=O) groups is 4. The van der Waals surface area contributed by atoms with Crippen molar-refractivity contribution in [1.29, 1.82) is 0 Å². The van der Waals surface area contributed by atoms with Gasteiger partial charge in [-0.25, -0.2) is 4.79 Å². The number of benzene rings is 3. The number of aliphatic hydroxyl groups is 1. The highest BCUT2D eigenvalue weighted by atomic mass is 16.7. The molecule has 3 N–H and O–H groups in total. The van der Waals surface area contributed by atoms with Crippen LogP contribution in [0.5, 0.6) is 28.7 Å². The summed E-state index contributed by atoms with van der Waals surface area (Å²) in [6, 6.07) is 15.4. The van der Waals surface area contributed by atoms with Crippen molar-refractivity contribution in [2.45, 2.75) is 77.2 Å². The summed E-state index contributed by atoms with van der Waals surface area (Å²) < 4.78 is 38.1. The van der Waals surface area contributed by atoms with Crippen LogP contribution in [0.15, 0.2) is 54.6 Å². The Hall–Kier alpha value is -5.50. The zero-order chi connectivity index (χ0) is 40.4. The Morgan fingerprint density at radius 1 is 0.929 bits per heavy atom. The van der Waals surface area contributed by atoms with Crippen molar-refractivity contribution in [3.05, 3.63) is 76.9 Å². The van der Waals surface area contributed by atoms with E-state index in [0.29, 0.717) is 47.2 Å². The van der Waals surface area contributed by atoms with Crippen LogP contribution in [0.4, 0.5) is 4.79 Å². The maximum atomic E-state index is 12.7. The molecule has 2 heterocycles. The first-order valence-corrected chi connectivity index (χ1v) is 18.8. The van der Waals surface area contributed by atoms with E-state index in [1.807, 2.05) is 69.3 Å². The second kappa shape index (κ2) is 19.4. The number of amides is 2. The largest absolute Gasteiger partial charge is 0.493 e. The number of esters is 1. The first-order chi connectivity index (χ1) is 27.0. The number of carbonyl (C=O) groups excluding carboxylic acids is 4. The van der Waals surface area contributed by atoms with E-state index >= 15 is 0 Å². The summed E-state index contributed by atoms with van der Waals surface area (Å²) in [6.45, 7) is 6.38. The quantitative estimate of drug-likeness (QED) is 0.129. The number of alkyl carbamates (subject to hydrolysis) is 1. The average Bonchev–Trinajstić information content (AvgIpc) is 3.84. The SMILES string of the molecule is CCCC[C@@H](C=O)NC(=O)[C@H](CC(C)C)NC(=O)OCc1ccccc1.COc1cc([C@@H]2c3cc4c(cc3[C@H](O)[C@H]3COC(=O)[C@@H]23)OCO4)cc(OC)c1OC. The number of aldehydes is 1. The van der Waals surface area contributed by atoms with Crippen molar-refractivity contribution in [1.82, 2.24) is 10.6 Å². The van der Waals surface area contributed by atoms with Crippen LogP contribution in [0.2, 0.25) is 0 Å². The predicted octanol–water partition coefficient (Wildman–Crippen LogP) is 5.61. The van der Waals surface area contributed by atoms with E-state index in [4.69, 9.17) is 33.2 Å². The molecule has 3 aliphatic rings. The Morgan fingerprint density at radius 2 is 1.59 bits per heavy atom. The number of aliphatic hydroxyl groups excluding tert-OH is 1. The Kier molecular flexibility index (Phi) is 14.4. The van der Waals surface area contributed by atoms with Gasteiger partial charge in [0, 0.05) is 11.8 Å². The van der Waals surface area contributed by atoms with Crippen molar-refractivity contribution in [2.24, 2.45) is 17.8 Å². The van der Waals surface area contributed by atoms with Crippen molar-refractivity contribution in [3.63, 3.8) is 0 Å². The fourth-order valence-electron chi connectivity index (χ4n) is 7.31. The number of hydrogen-bond donors (Lipinski definition) is 3. The first kappa shape index (κ1) is 41.7. The van der Waals surface area contributed by atoms with Crippen LogP contribution in [0.1, 0.15) is 80.7 Å². The molecule has 2 aliphatic heterocycles. The number of nitrogens with one attached hydrogen (secondary N) is 2. The maximum absolute atomic E-state index is 12.7. The highest BCUT2D eigenvalue weighted by Crippen LogP contribution is 2.55. The highest BCUT2D eigenvalue weighted by molar-refractivity contribution is 5.87. The lowest BCUT2D eigenvalue weighted by Gasteiger charge is -2.37. The van der Waals surface area contributed by atoms with Gasteiger partial charge in [-0.15, -0.1) is 0 Å². The Bertz CT molecular complexity index is 1810. The standard InChI is InChI=1S/C22H22O8.C20H30N2O4/c1-25-16-4-10(5-17(26-2)21(16)27-3)18-11-6-14-15(30-9-29-14)7-12(11)20(23)13-8-28-22(24)19(13)18;1-4-5-11-17(13-23)21-19(24)18(12-15(2)3)22-20(25)26-14-16-9-7-6-8-10-16/h4-7,13,18-20,23H,8-9H2,1-3H3;6-10,13,15,17-18H,4-5,11-12,14H2,1-3H3,(H,21,24)(H,22,25)/t13-,18+,19+,20-;17-,18-/m00/s1. The van der Waals surface area contributed by atoms with Gasteiger partial charge in [0.25, 0.3) is 0 Å². The van der Waals surface area contributed by atoms with Crippen molar-refractivity contribution in [3.8, 4) is 28.7 Å². The van der Waals surface area contributed by atoms with Gasteiger partial charge in [0.05, 0.1) is 46.0 Å². The third-order valence-electron chi connectivity index (χ3n) is 10.1. The third-order valence-corrected chi connectivity index (χ3v) is 10.1. The van der Waals surface area contributed by atoms with Gasteiger partial charge in [-0.05, 0) is 65.3 Å². The molecule has 1 saturated heterocycles. The molecule has 0 aromatic heterocycles. The second-order valence-electron chi connectivity index (χ2n) is 14.3. The minimum atomic E-state index is -0.843. The topological polar surface area (TPSA) is 177 Å². The van der Waals surface area contributed by atoms with Crippen LogP contribution in [-0.4, -0.2) is 76.2 Å². The van der Waals surface area contributed by atoms with Crippen LogP contribution in [-0.2, 0) is 30.5 Å². The molecule has 302 valence electrons. The Balaban J connectivity index is 0.000000217. The molecule has 1 fully saturated rings. The van der Waals surface area contributed by atoms with Gasteiger partial charge in [0.1, 0.15) is 18.9 Å². The molecule has 0 unspecified atom stereocenters. The summed E-state index contributed by atoms with van der Waals surface area (Å²) in [5, 5.41) is 16.4. The fraction of sp³-hybridized carbons (Fsp3) is 0.476. The van der Waals surface area contributed by atoms with Gasteiger partial charge >= 0.3 is 12.1 Å². The van der Waals surface area contributed by atoms with E-state index in [-0.39, 0.29) is 49.6 Å². The van der Waals surface area contributed by atoms with Crippen LogP contribution in [0.3, 0.4) is 0 Å². The molecule has 6 rings (SSSR count). The predicted molar refractivity (Wildman–Crippen MR) is 204 cm³/mol. The normalized spacial score (nSPS) is 19.9. The van der Waals surface area contributed by atoms with Gasteiger partial charge in [-0.2, -0.15) is 0 Å². The Labute approximate surface area is 327 Å². The molecule has 2 amide bonds. The van der Waals surface area contributed by atoms with Crippen LogP contribution in [0, 0.1) is 17.8 Å². The summed E-state index contributed by atoms with van der Waals surface area (Å²) in [7, 11) is 4.63. The van der Waals surface area contributed by atoms with Crippen LogP contribution >= 0.6 is 0 Å². The van der Waals surface area contributed by atoms with Gasteiger partial charge in [0.15, 0.2) is 23.0 Å². The first-order valence-electron chi connectivity index (χ1n) is 18.8. The Morgan fingerprint density at radius 3 is 2.18 bits per heavy atom. The molecule has 14 heteroatoms. The molecule has 1 aliphatic carbocycles. The summed E-state index contributed by atoms with van der Waals surface area (Å²) in [5.74, 6) is 0.831. The molecule has 3 aromatic rings. The van der Waals surface area contributed by atoms with Crippen LogP contribution in [0.25, 0.3) is 0 Å². The maximum Gasteiger partial charge on any atom is 0.408 e. The van der Waals surface area contributed by atoms with Gasteiger partial charge in [-0.1, -0.05) is 63.9 Å². The fourth-order valence-corrected chi connectivity index (χ4v) is 7.31. The van der Waals surface area contributed by atoms with E-state index in [9.17, 15) is 24.3 Å². The molecule has 3 aromatic carbocycles. The molecule has 14 nitrogen and oxygen atoms in total. The zero-order valence-corrected chi connectivity index (χ0v) is 32.7. The number of unbranched alkanes of at least 4 members (excludes halogenated alkanes) is 1. The number of methoxy groups -OCH3 is 3. The van der Waals surface area contributed by atoms with E-state index in [0.717, 1.165) is 35.8 Å². The van der Waals surface area contributed by atoms with E-state index in [2.05, 4.69) is 10.6 Å². The van der Waals surface area contributed by atoms with Crippen molar-refractivity contribution in [2.75, 3.05) is 34.7 Å². The number of cyclic esters (lactones) is 1.